The minimum Gasteiger partial charge on any atom is -0.378 e. The standard InChI is InChI=1S/C22H28N8O2/c1-31-15-17-12-16-13-25-22(28-20(16)21(26-17)30-8-10-32-11-9-30)27-19-3-2-18(14-24-19)29-6-4-23-5-7-29/h2-3,12-14,23H,4-11,15H2,1H3,(H,24,25,27,28). The smallest absolute Gasteiger partial charge is 0.229 e. The van der Waals surface area contributed by atoms with Crippen LogP contribution >= 0.6 is 0 Å². The number of rotatable bonds is 6. The molecule has 0 aromatic carbocycles. The number of piperazine rings is 1. The minimum atomic E-state index is 0.441. The molecule has 32 heavy (non-hydrogen) atoms. The molecule has 5 rings (SSSR count). The van der Waals surface area contributed by atoms with Gasteiger partial charge in [-0.3, -0.25) is 0 Å². The van der Waals surface area contributed by atoms with Crippen molar-refractivity contribution in [3.8, 4) is 0 Å². The number of pyridine rings is 2. The van der Waals surface area contributed by atoms with Crippen LogP contribution in [0.3, 0.4) is 0 Å². The van der Waals surface area contributed by atoms with Gasteiger partial charge in [0.05, 0.1) is 37.4 Å². The number of aromatic nitrogens is 4. The van der Waals surface area contributed by atoms with E-state index in [9.17, 15) is 0 Å². The molecule has 0 atom stereocenters. The fourth-order valence-electron chi connectivity index (χ4n) is 4.04. The molecule has 0 saturated carbocycles. The minimum absolute atomic E-state index is 0.441. The molecule has 5 heterocycles. The van der Waals surface area contributed by atoms with Gasteiger partial charge in [0.15, 0.2) is 5.82 Å². The molecular weight excluding hydrogens is 408 g/mol. The van der Waals surface area contributed by atoms with E-state index in [4.69, 9.17) is 19.4 Å². The Hall–Kier alpha value is -3.08. The molecule has 0 unspecified atom stereocenters. The van der Waals surface area contributed by atoms with Crippen LogP contribution in [-0.2, 0) is 16.1 Å². The summed E-state index contributed by atoms with van der Waals surface area (Å²) in [6, 6.07) is 6.03. The Balaban J connectivity index is 1.41. The molecule has 3 aromatic heterocycles. The first-order valence-corrected chi connectivity index (χ1v) is 11.0. The lowest BCUT2D eigenvalue weighted by atomic mass is 10.2. The van der Waals surface area contributed by atoms with Crippen LogP contribution < -0.4 is 20.4 Å². The zero-order chi connectivity index (χ0) is 21.8. The number of methoxy groups -OCH3 is 1. The first kappa shape index (κ1) is 20.8. The van der Waals surface area contributed by atoms with E-state index in [0.717, 1.165) is 67.4 Å². The molecule has 0 spiro atoms. The van der Waals surface area contributed by atoms with Crippen molar-refractivity contribution in [2.45, 2.75) is 6.61 Å². The zero-order valence-corrected chi connectivity index (χ0v) is 18.3. The summed E-state index contributed by atoms with van der Waals surface area (Å²) in [6.45, 7) is 7.33. The number of fused-ring (bicyclic) bond motifs is 1. The fourth-order valence-corrected chi connectivity index (χ4v) is 4.04. The molecule has 0 aliphatic carbocycles. The molecule has 0 bridgehead atoms. The van der Waals surface area contributed by atoms with E-state index >= 15 is 0 Å². The number of morpholine rings is 1. The van der Waals surface area contributed by atoms with Crippen molar-refractivity contribution in [2.75, 3.05) is 74.7 Å². The number of hydrogen-bond donors (Lipinski definition) is 2. The lowest BCUT2D eigenvalue weighted by molar-refractivity contribution is 0.122. The highest BCUT2D eigenvalue weighted by molar-refractivity contribution is 5.89. The van der Waals surface area contributed by atoms with E-state index in [1.54, 1.807) is 7.11 Å². The summed E-state index contributed by atoms with van der Waals surface area (Å²) in [4.78, 5) is 23.2. The second-order valence-electron chi connectivity index (χ2n) is 7.86. The Bertz CT molecular complexity index is 1050. The summed E-state index contributed by atoms with van der Waals surface area (Å²) in [7, 11) is 1.67. The molecular formula is C22H28N8O2. The maximum Gasteiger partial charge on any atom is 0.229 e. The summed E-state index contributed by atoms with van der Waals surface area (Å²) < 4.78 is 10.8. The molecule has 2 aliphatic rings. The van der Waals surface area contributed by atoms with Crippen molar-refractivity contribution in [2.24, 2.45) is 0 Å². The molecule has 2 fully saturated rings. The maximum atomic E-state index is 5.51. The van der Waals surface area contributed by atoms with E-state index in [0.29, 0.717) is 31.6 Å². The number of nitrogens with zero attached hydrogens (tertiary/aromatic N) is 6. The molecule has 0 radical (unpaired) electrons. The van der Waals surface area contributed by atoms with Crippen LogP contribution in [0.5, 0.6) is 0 Å². The van der Waals surface area contributed by atoms with Crippen molar-refractivity contribution in [1.29, 1.82) is 0 Å². The van der Waals surface area contributed by atoms with Crippen LogP contribution in [-0.4, -0.2) is 79.5 Å². The van der Waals surface area contributed by atoms with Crippen molar-refractivity contribution in [1.82, 2.24) is 25.3 Å². The third-order valence-corrected chi connectivity index (χ3v) is 5.67. The average molecular weight is 437 g/mol. The van der Waals surface area contributed by atoms with Gasteiger partial charge in [-0.25, -0.2) is 19.9 Å². The van der Waals surface area contributed by atoms with Gasteiger partial charge in [-0.1, -0.05) is 0 Å². The molecule has 2 N–H and O–H groups in total. The van der Waals surface area contributed by atoms with E-state index in [2.05, 4.69) is 36.5 Å². The van der Waals surface area contributed by atoms with E-state index in [1.807, 2.05) is 24.5 Å². The van der Waals surface area contributed by atoms with Gasteiger partial charge in [0, 0.05) is 58.0 Å². The zero-order valence-electron chi connectivity index (χ0n) is 18.3. The normalized spacial score (nSPS) is 17.0. The maximum absolute atomic E-state index is 5.51. The Labute approximate surface area is 187 Å². The first-order valence-electron chi connectivity index (χ1n) is 11.0. The van der Waals surface area contributed by atoms with Crippen LogP contribution in [0.25, 0.3) is 10.9 Å². The summed E-state index contributed by atoms with van der Waals surface area (Å²) in [5.41, 5.74) is 2.79. The first-order chi connectivity index (χ1) is 15.8. The second kappa shape index (κ2) is 9.60. The lowest BCUT2D eigenvalue weighted by Crippen LogP contribution is -2.43. The quantitative estimate of drug-likeness (QED) is 0.592. The lowest BCUT2D eigenvalue weighted by Gasteiger charge is -2.29. The number of hydrogen-bond acceptors (Lipinski definition) is 10. The fraction of sp³-hybridized carbons (Fsp3) is 0.455. The second-order valence-corrected chi connectivity index (χ2v) is 7.86. The molecule has 2 saturated heterocycles. The van der Waals surface area contributed by atoms with Crippen LogP contribution in [0.1, 0.15) is 5.69 Å². The van der Waals surface area contributed by atoms with Crippen molar-refractivity contribution in [3.05, 3.63) is 36.3 Å². The Morgan fingerprint density at radius 3 is 2.62 bits per heavy atom. The number of anilines is 4. The van der Waals surface area contributed by atoms with Gasteiger partial charge in [0.25, 0.3) is 0 Å². The third-order valence-electron chi connectivity index (χ3n) is 5.67. The van der Waals surface area contributed by atoms with E-state index in [1.165, 1.54) is 0 Å². The summed E-state index contributed by atoms with van der Waals surface area (Å²) in [5.74, 6) is 2.04. The highest BCUT2D eigenvalue weighted by Gasteiger charge is 2.19. The summed E-state index contributed by atoms with van der Waals surface area (Å²) in [5, 5.41) is 7.54. The van der Waals surface area contributed by atoms with Gasteiger partial charge in [-0.05, 0) is 18.2 Å². The number of nitrogens with one attached hydrogen (secondary N) is 2. The van der Waals surface area contributed by atoms with Gasteiger partial charge in [-0.2, -0.15) is 0 Å². The summed E-state index contributed by atoms with van der Waals surface area (Å²) in [6.07, 6.45) is 3.72. The van der Waals surface area contributed by atoms with Crippen molar-refractivity contribution in [3.63, 3.8) is 0 Å². The molecule has 0 amide bonds. The monoisotopic (exact) mass is 436 g/mol. The Morgan fingerprint density at radius 1 is 1.03 bits per heavy atom. The van der Waals surface area contributed by atoms with Crippen molar-refractivity contribution >= 4 is 34.2 Å². The Morgan fingerprint density at radius 2 is 1.88 bits per heavy atom. The molecule has 3 aromatic rings. The van der Waals surface area contributed by atoms with Crippen LogP contribution in [0.4, 0.5) is 23.3 Å². The molecule has 168 valence electrons. The molecule has 10 heteroatoms. The predicted molar refractivity (Wildman–Crippen MR) is 124 cm³/mol. The third kappa shape index (κ3) is 4.57. The predicted octanol–water partition coefficient (Wildman–Crippen LogP) is 1.56. The highest BCUT2D eigenvalue weighted by atomic mass is 16.5. The molecule has 2 aliphatic heterocycles. The van der Waals surface area contributed by atoms with E-state index in [-0.39, 0.29) is 0 Å². The summed E-state index contributed by atoms with van der Waals surface area (Å²) >= 11 is 0. The van der Waals surface area contributed by atoms with E-state index < -0.39 is 0 Å². The van der Waals surface area contributed by atoms with Crippen LogP contribution in [0, 0.1) is 0 Å². The largest absolute Gasteiger partial charge is 0.378 e. The SMILES string of the molecule is COCc1cc2cnc(Nc3ccc(N4CCNCC4)cn3)nc2c(N2CCOCC2)n1. The van der Waals surface area contributed by atoms with Gasteiger partial charge in [0.1, 0.15) is 11.3 Å². The van der Waals surface area contributed by atoms with Gasteiger partial charge in [-0.15, -0.1) is 0 Å². The number of ether oxygens (including phenoxy) is 2. The molecule has 10 nitrogen and oxygen atoms in total. The van der Waals surface area contributed by atoms with Crippen LogP contribution in [0.2, 0.25) is 0 Å². The van der Waals surface area contributed by atoms with Gasteiger partial charge in [0.2, 0.25) is 5.95 Å². The van der Waals surface area contributed by atoms with Gasteiger partial charge < -0.3 is 29.9 Å². The van der Waals surface area contributed by atoms with Gasteiger partial charge >= 0.3 is 0 Å². The highest BCUT2D eigenvalue weighted by Crippen LogP contribution is 2.27. The topological polar surface area (TPSA) is 101 Å². The van der Waals surface area contributed by atoms with Crippen LogP contribution in [0.15, 0.2) is 30.6 Å². The average Bonchev–Trinajstić information content (AvgIpc) is 2.85. The van der Waals surface area contributed by atoms with Crippen molar-refractivity contribution < 1.29 is 9.47 Å². The Kier molecular flexibility index (Phi) is 6.24.